The molecule has 0 N–H and O–H groups in total. The maximum Gasteiger partial charge on any atom is 0.257 e. The molecule has 1 aromatic carbocycles. The van der Waals surface area contributed by atoms with E-state index in [4.69, 9.17) is 4.42 Å². The van der Waals surface area contributed by atoms with Crippen molar-refractivity contribution in [2.45, 2.75) is 20.4 Å². The summed E-state index contributed by atoms with van der Waals surface area (Å²) in [5.74, 6) is 1.26. The third-order valence-electron chi connectivity index (χ3n) is 4.23. The Hall–Kier alpha value is -2.14. The van der Waals surface area contributed by atoms with E-state index in [0.29, 0.717) is 31.0 Å². The van der Waals surface area contributed by atoms with Crippen LogP contribution in [0, 0.1) is 19.7 Å². The molecule has 1 aromatic heterocycles. The Bertz CT molecular complexity index is 703. The number of furan rings is 1. The Morgan fingerprint density at radius 3 is 2.52 bits per heavy atom. The van der Waals surface area contributed by atoms with Crippen LogP contribution in [-0.2, 0) is 6.54 Å². The zero-order valence-electron chi connectivity index (χ0n) is 13.5. The average molecular weight is 316 g/mol. The minimum atomic E-state index is -0.206. The molecule has 3 rings (SSSR count). The van der Waals surface area contributed by atoms with Crippen molar-refractivity contribution in [1.82, 2.24) is 9.80 Å². The lowest BCUT2D eigenvalue weighted by Crippen LogP contribution is -2.48. The van der Waals surface area contributed by atoms with Crippen molar-refractivity contribution in [3.8, 4) is 0 Å². The van der Waals surface area contributed by atoms with Gasteiger partial charge >= 0.3 is 0 Å². The highest BCUT2D eigenvalue weighted by atomic mass is 19.1. The predicted molar refractivity (Wildman–Crippen MR) is 85.8 cm³/mol. The quantitative estimate of drug-likeness (QED) is 0.873. The van der Waals surface area contributed by atoms with Crippen LogP contribution in [0.25, 0.3) is 0 Å². The fraction of sp³-hybridized carbons (Fsp3) is 0.389. The summed E-state index contributed by atoms with van der Waals surface area (Å²) in [4.78, 5) is 16.6. The van der Waals surface area contributed by atoms with Gasteiger partial charge in [-0.3, -0.25) is 9.69 Å². The Balaban J connectivity index is 1.58. The van der Waals surface area contributed by atoms with Crippen molar-refractivity contribution in [1.29, 1.82) is 0 Å². The Labute approximate surface area is 135 Å². The highest BCUT2D eigenvalue weighted by Gasteiger charge is 2.24. The van der Waals surface area contributed by atoms with Crippen LogP contribution in [0.2, 0.25) is 0 Å². The minimum absolute atomic E-state index is 0.0322. The van der Waals surface area contributed by atoms with E-state index in [9.17, 15) is 9.18 Å². The van der Waals surface area contributed by atoms with Crippen LogP contribution in [0.3, 0.4) is 0 Å². The van der Waals surface area contributed by atoms with Crippen molar-refractivity contribution >= 4 is 5.91 Å². The van der Waals surface area contributed by atoms with Crippen LogP contribution < -0.4 is 0 Å². The first-order valence-corrected chi connectivity index (χ1v) is 7.86. The van der Waals surface area contributed by atoms with Gasteiger partial charge in [0.15, 0.2) is 0 Å². The first kappa shape index (κ1) is 15.7. The first-order chi connectivity index (χ1) is 11.0. The SMILES string of the molecule is Cc1cc(C(=O)N2CCN(Cc3cccc(F)c3)CC2)c(C)o1. The molecule has 1 aliphatic heterocycles. The summed E-state index contributed by atoms with van der Waals surface area (Å²) in [5, 5.41) is 0. The molecular formula is C18H21FN2O2. The monoisotopic (exact) mass is 316 g/mol. The summed E-state index contributed by atoms with van der Waals surface area (Å²) in [7, 11) is 0. The van der Waals surface area contributed by atoms with Crippen LogP contribution >= 0.6 is 0 Å². The van der Waals surface area contributed by atoms with Gasteiger partial charge in [0.1, 0.15) is 17.3 Å². The highest BCUT2D eigenvalue weighted by molar-refractivity contribution is 5.95. The molecule has 0 radical (unpaired) electrons. The van der Waals surface area contributed by atoms with E-state index in [2.05, 4.69) is 4.90 Å². The maximum atomic E-state index is 13.2. The molecule has 2 heterocycles. The summed E-state index contributed by atoms with van der Waals surface area (Å²) in [6, 6.07) is 8.48. The Kier molecular flexibility index (Phi) is 4.48. The molecule has 1 saturated heterocycles. The standard InChI is InChI=1S/C18H21FN2O2/c1-13-10-17(14(2)23-13)18(22)21-8-6-20(7-9-21)12-15-4-3-5-16(19)11-15/h3-5,10-11H,6-9,12H2,1-2H3. The van der Waals surface area contributed by atoms with Gasteiger partial charge in [-0.2, -0.15) is 0 Å². The molecule has 0 unspecified atom stereocenters. The van der Waals surface area contributed by atoms with E-state index in [0.717, 1.165) is 24.4 Å². The zero-order chi connectivity index (χ0) is 16.4. The van der Waals surface area contributed by atoms with Gasteiger partial charge in [0, 0.05) is 32.7 Å². The smallest absolute Gasteiger partial charge is 0.257 e. The number of piperazine rings is 1. The highest BCUT2D eigenvalue weighted by Crippen LogP contribution is 2.18. The van der Waals surface area contributed by atoms with E-state index in [-0.39, 0.29) is 11.7 Å². The minimum Gasteiger partial charge on any atom is -0.466 e. The fourth-order valence-corrected chi connectivity index (χ4v) is 3.02. The van der Waals surface area contributed by atoms with Gasteiger partial charge in [-0.15, -0.1) is 0 Å². The second-order valence-corrected chi connectivity index (χ2v) is 6.03. The maximum absolute atomic E-state index is 13.2. The van der Waals surface area contributed by atoms with Crippen LogP contribution in [0.4, 0.5) is 4.39 Å². The summed E-state index contributed by atoms with van der Waals surface area (Å²) < 4.78 is 18.7. The number of benzene rings is 1. The number of hydrogen-bond donors (Lipinski definition) is 0. The van der Waals surface area contributed by atoms with Gasteiger partial charge in [-0.25, -0.2) is 4.39 Å². The number of carbonyl (C=O) groups is 1. The van der Waals surface area contributed by atoms with Crippen molar-refractivity contribution in [2.24, 2.45) is 0 Å². The second kappa shape index (κ2) is 6.54. The first-order valence-electron chi connectivity index (χ1n) is 7.86. The number of halogens is 1. The molecule has 2 aromatic rings. The summed E-state index contributed by atoms with van der Waals surface area (Å²) in [6.07, 6.45) is 0. The normalized spacial score (nSPS) is 15.9. The molecule has 0 spiro atoms. The molecule has 5 heteroatoms. The average Bonchev–Trinajstić information content (AvgIpc) is 2.86. The van der Waals surface area contributed by atoms with Crippen molar-refractivity contribution in [3.05, 3.63) is 58.8 Å². The molecule has 0 saturated carbocycles. The number of hydrogen-bond acceptors (Lipinski definition) is 3. The van der Waals surface area contributed by atoms with Gasteiger partial charge in [-0.1, -0.05) is 12.1 Å². The van der Waals surface area contributed by atoms with Gasteiger partial charge in [-0.05, 0) is 37.6 Å². The van der Waals surface area contributed by atoms with Crippen LogP contribution in [-0.4, -0.2) is 41.9 Å². The van der Waals surface area contributed by atoms with Crippen molar-refractivity contribution in [2.75, 3.05) is 26.2 Å². The van der Waals surface area contributed by atoms with E-state index >= 15 is 0 Å². The number of amides is 1. The van der Waals surface area contributed by atoms with Crippen molar-refractivity contribution in [3.63, 3.8) is 0 Å². The van der Waals surface area contributed by atoms with Crippen LogP contribution in [0.15, 0.2) is 34.7 Å². The largest absolute Gasteiger partial charge is 0.466 e. The summed E-state index contributed by atoms with van der Waals surface area (Å²) in [6.45, 7) is 7.32. The molecule has 0 bridgehead atoms. The molecule has 23 heavy (non-hydrogen) atoms. The van der Waals surface area contributed by atoms with Crippen molar-refractivity contribution < 1.29 is 13.6 Å². The second-order valence-electron chi connectivity index (χ2n) is 6.03. The molecule has 1 amide bonds. The van der Waals surface area contributed by atoms with Gasteiger partial charge < -0.3 is 9.32 Å². The van der Waals surface area contributed by atoms with Crippen LogP contribution in [0.5, 0.6) is 0 Å². The Morgan fingerprint density at radius 2 is 1.91 bits per heavy atom. The molecular weight excluding hydrogens is 295 g/mol. The van der Waals surface area contributed by atoms with Gasteiger partial charge in [0.25, 0.3) is 5.91 Å². The molecule has 1 aliphatic rings. The zero-order valence-corrected chi connectivity index (χ0v) is 13.5. The summed E-state index contributed by atoms with van der Waals surface area (Å²) >= 11 is 0. The van der Waals surface area contributed by atoms with Crippen LogP contribution in [0.1, 0.15) is 27.4 Å². The molecule has 4 nitrogen and oxygen atoms in total. The van der Waals surface area contributed by atoms with E-state index in [1.165, 1.54) is 6.07 Å². The van der Waals surface area contributed by atoms with Gasteiger partial charge in [0.05, 0.1) is 5.56 Å². The van der Waals surface area contributed by atoms with E-state index in [1.54, 1.807) is 18.2 Å². The molecule has 122 valence electrons. The molecule has 0 aliphatic carbocycles. The number of nitrogens with zero attached hydrogens (tertiary/aromatic N) is 2. The number of rotatable bonds is 3. The lowest BCUT2D eigenvalue weighted by Gasteiger charge is -2.34. The molecule has 1 fully saturated rings. The predicted octanol–water partition coefficient (Wildman–Crippen LogP) is 2.99. The topological polar surface area (TPSA) is 36.7 Å². The summed E-state index contributed by atoms with van der Waals surface area (Å²) in [5.41, 5.74) is 1.62. The lowest BCUT2D eigenvalue weighted by molar-refractivity contribution is 0.0626. The van der Waals surface area contributed by atoms with Gasteiger partial charge in [0.2, 0.25) is 0 Å². The third kappa shape index (κ3) is 3.62. The number of carbonyl (C=O) groups excluding carboxylic acids is 1. The van der Waals surface area contributed by atoms with E-state index < -0.39 is 0 Å². The Morgan fingerprint density at radius 1 is 1.17 bits per heavy atom. The third-order valence-corrected chi connectivity index (χ3v) is 4.23. The molecule has 0 atom stereocenters. The lowest BCUT2D eigenvalue weighted by atomic mass is 10.1. The van der Waals surface area contributed by atoms with E-state index in [1.807, 2.05) is 24.8 Å². The number of aryl methyl sites for hydroxylation is 2. The fourth-order valence-electron chi connectivity index (χ4n) is 3.02.